The first kappa shape index (κ1) is 12.8. The maximum atomic E-state index is 11.9. The van der Waals surface area contributed by atoms with Crippen molar-refractivity contribution in [1.29, 1.82) is 0 Å². The molecule has 0 bridgehead atoms. The number of aryl methyl sites for hydroxylation is 1. The lowest BCUT2D eigenvalue weighted by atomic mass is 10.1. The highest BCUT2D eigenvalue weighted by atomic mass is 35.5. The number of anilines is 1. The van der Waals surface area contributed by atoms with E-state index in [-0.39, 0.29) is 11.1 Å². The van der Waals surface area contributed by atoms with Gasteiger partial charge in [0.2, 0.25) is 0 Å². The highest BCUT2D eigenvalue weighted by Crippen LogP contribution is 2.18. The van der Waals surface area contributed by atoms with E-state index in [2.05, 4.69) is 15.5 Å². The van der Waals surface area contributed by atoms with E-state index >= 15 is 0 Å². The molecule has 0 aliphatic rings. The minimum absolute atomic E-state index is 0.265. The molecule has 92 valence electrons. The van der Waals surface area contributed by atoms with Crippen LogP contribution in [0.25, 0.3) is 0 Å². The van der Waals surface area contributed by atoms with Crippen LogP contribution >= 0.6 is 23.2 Å². The number of aromatic nitrogens is 2. The molecule has 1 aromatic heterocycles. The fraction of sp³-hybridized carbons (Fsp3) is 0.0833. The molecular formula is C12H9Cl2N3O. The smallest absolute Gasteiger partial charge is 0.258 e. The predicted octanol–water partition coefficient (Wildman–Crippen LogP) is 3.34. The van der Waals surface area contributed by atoms with Crippen LogP contribution in [0.5, 0.6) is 0 Å². The van der Waals surface area contributed by atoms with Gasteiger partial charge in [-0.15, -0.1) is 10.2 Å². The second-order valence-electron chi connectivity index (χ2n) is 3.68. The van der Waals surface area contributed by atoms with Gasteiger partial charge < -0.3 is 5.32 Å². The zero-order valence-corrected chi connectivity index (χ0v) is 11.0. The van der Waals surface area contributed by atoms with Crippen molar-refractivity contribution in [2.24, 2.45) is 0 Å². The molecule has 2 rings (SSSR count). The fourth-order valence-electron chi connectivity index (χ4n) is 1.37. The Balaban J connectivity index is 2.19. The number of carbonyl (C=O) groups excluding carboxylic acids is 1. The van der Waals surface area contributed by atoms with E-state index in [1.807, 2.05) is 13.0 Å². The van der Waals surface area contributed by atoms with E-state index in [0.29, 0.717) is 16.4 Å². The number of carbonyl (C=O) groups is 1. The molecular weight excluding hydrogens is 273 g/mol. The van der Waals surface area contributed by atoms with E-state index < -0.39 is 0 Å². The maximum absolute atomic E-state index is 11.9. The molecule has 1 N–H and O–H groups in total. The van der Waals surface area contributed by atoms with Crippen molar-refractivity contribution < 1.29 is 4.79 Å². The van der Waals surface area contributed by atoms with Crippen molar-refractivity contribution in [1.82, 2.24) is 10.2 Å². The Morgan fingerprint density at radius 1 is 1.17 bits per heavy atom. The monoisotopic (exact) mass is 281 g/mol. The van der Waals surface area contributed by atoms with Gasteiger partial charge in [-0.3, -0.25) is 4.79 Å². The molecule has 18 heavy (non-hydrogen) atoms. The quantitative estimate of drug-likeness (QED) is 0.919. The molecule has 0 unspecified atom stereocenters. The topological polar surface area (TPSA) is 54.9 Å². The molecule has 0 radical (unpaired) electrons. The largest absolute Gasteiger partial charge is 0.305 e. The summed E-state index contributed by atoms with van der Waals surface area (Å²) in [4.78, 5) is 11.9. The Morgan fingerprint density at radius 2 is 1.94 bits per heavy atom. The molecule has 2 aromatic rings. The van der Waals surface area contributed by atoms with Gasteiger partial charge in [-0.2, -0.15) is 0 Å². The minimum Gasteiger partial charge on any atom is -0.305 e. The van der Waals surface area contributed by atoms with Crippen LogP contribution in [0.1, 0.15) is 15.9 Å². The van der Waals surface area contributed by atoms with Crippen molar-refractivity contribution in [3.8, 4) is 0 Å². The number of rotatable bonds is 2. The summed E-state index contributed by atoms with van der Waals surface area (Å²) in [5.74, 6) is -0.0161. The van der Waals surface area contributed by atoms with Gasteiger partial charge in [-0.1, -0.05) is 29.3 Å². The van der Waals surface area contributed by atoms with Crippen molar-refractivity contribution >= 4 is 34.9 Å². The summed E-state index contributed by atoms with van der Waals surface area (Å²) in [7, 11) is 0. The van der Waals surface area contributed by atoms with Gasteiger partial charge >= 0.3 is 0 Å². The number of hydrogen-bond acceptors (Lipinski definition) is 3. The number of nitrogens with one attached hydrogen (secondary N) is 1. The molecule has 0 atom stereocenters. The van der Waals surface area contributed by atoms with E-state index in [0.717, 1.165) is 5.56 Å². The summed E-state index contributed by atoms with van der Waals surface area (Å²) in [5, 5.41) is 10.6. The van der Waals surface area contributed by atoms with E-state index in [9.17, 15) is 4.79 Å². The predicted molar refractivity (Wildman–Crippen MR) is 71.2 cm³/mol. The number of amides is 1. The molecule has 1 aromatic carbocycles. The SMILES string of the molecule is Cc1ccc(C(=O)Nc2ccc(Cl)nn2)c(Cl)c1. The van der Waals surface area contributed by atoms with Gasteiger partial charge in [0.05, 0.1) is 10.6 Å². The number of benzene rings is 1. The molecule has 0 fully saturated rings. The summed E-state index contributed by atoms with van der Waals surface area (Å²) in [6, 6.07) is 8.31. The molecule has 4 nitrogen and oxygen atoms in total. The van der Waals surface area contributed by atoms with E-state index in [4.69, 9.17) is 23.2 Å². The third kappa shape index (κ3) is 2.97. The van der Waals surface area contributed by atoms with Crippen LogP contribution in [0.2, 0.25) is 10.2 Å². The first-order valence-electron chi connectivity index (χ1n) is 5.13. The summed E-state index contributed by atoms with van der Waals surface area (Å²) in [6.45, 7) is 1.90. The van der Waals surface area contributed by atoms with Crippen LogP contribution in [0, 0.1) is 6.92 Å². The van der Waals surface area contributed by atoms with Gasteiger partial charge in [0.25, 0.3) is 5.91 Å². The molecule has 1 amide bonds. The van der Waals surface area contributed by atoms with Gasteiger partial charge in [-0.05, 0) is 36.8 Å². The maximum Gasteiger partial charge on any atom is 0.258 e. The van der Waals surface area contributed by atoms with Gasteiger partial charge in [0.15, 0.2) is 11.0 Å². The van der Waals surface area contributed by atoms with Gasteiger partial charge in [-0.25, -0.2) is 0 Å². The Hall–Kier alpha value is -1.65. The van der Waals surface area contributed by atoms with Crippen LogP contribution < -0.4 is 5.32 Å². The zero-order valence-electron chi connectivity index (χ0n) is 9.45. The molecule has 6 heteroatoms. The Kier molecular flexibility index (Phi) is 3.79. The van der Waals surface area contributed by atoms with Crippen LogP contribution in [0.3, 0.4) is 0 Å². The minimum atomic E-state index is -0.336. The second-order valence-corrected chi connectivity index (χ2v) is 4.47. The first-order valence-corrected chi connectivity index (χ1v) is 5.88. The summed E-state index contributed by atoms with van der Waals surface area (Å²) < 4.78 is 0. The normalized spacial score (nSPS) is 10.2. The van der Waals surface area contributed by atoms with E-state index in [1.165, 1.54) is 0 Å². The van der Waals surface area contributed by atoms with Crippen LogP contribution in [-0.4, -0.2) is 16.1 Å². The third-order valence-electron chi connectivity index (χ3n) is 2.24. The lowest BCUT2D eigenvalue weighted by molar-refractivity contribution is 0.102. The average molecular weight is 282 g/mol. The first-order chi connectivity index (χ1) is 8.56. The van der Waals surface area contributed by atoms with Crippen molar-refractivity contribution in [2.45, 2.75) is 6.92 Å². The van der Waals surface area contributed by atoms with Gasteiger partial charge in [0, 0.05) is 0 Å². The van der Waals surface area contributed by atoms with Gasteiger partial charge in [0.1, 0.15) is 0 Å². The highest BCUT2D eigenvalue weighted by Gasteiger charge is 2.11. The molecule has 0 saturated heterocycles. The lowest BCUT2D eigenvalue weighted by Crippen LogP contribution is -2.13. The standard InChI is InChI=1S/C12H9Cl2N3O/c1-7-2-3-8(9(13)6-7)12(18)15-11-5-4-10(14)16-17-11/h2-6H,1H3,(H,15,17,18). The molecule has 1 heterocycles. The number of halogens is 2. The highest BCUT2D eigenvalue weighted by molar-refractivity contribution is 6.34. The van der Waals surface area contributed by atoms with Crippen LogP contribution in [-0.2, 0) is 0 Å². The molecule has 0 aliphatic carbocycles. The van der Waals surface area contributed by atoms with E-state index in [1.54, 1.807) is 24.3 Å². The van der Waals surface area contributed by atoms with Crippen LogP contribution in [0.15, 0.2) is 30.3 Å². The Labute approximate surface area is 114 Å². The molecule has 0 spiro atoms. The summed E-state index contributed by atoms with van der Waals surface area (Å²) >= 11 is 11.6. The molecule has 0 aliphatic heterocycles. The van der Waals surface area contributed by atoms with Crippen molar-refractivity contribution in [2.75, 3.05) is 5.32 Å². The summed E-state index contributed by atoms with van der Waals surface area (Å²) in [5.41, 5.74) is 1.38. The third-order valence-corrected chi connectivity index (χ3v) is 2.76. The summed E-state index contributed by atoms with van der Waals surface area (Å²) in [6.07, 6.45) is 0. The Morgan fingerprint density at radius 3 is 2.56 bits per heavy atom. The van der Waals surface area contributed by atoms with Crippen LogP contribution in [0.4, 0.5) is 5.82 Å². The Bertz CT molecular complexity index is 584. The van der Waals surface area contributed by atoms with Crippen molar-refractivity contribution in [3.05, 3.63) is 51.6 Å². The van der Waals surface area contributed by atoms with Crippen molar-refractivity contribution in [3.63, 3.8) is 0 Å². The zero-order chi connectivity index (χ0) is 13.1. The number of hydrogen-bond donors (Lipinski definition) is 1. The lowest BCUT2D eigenvalue weighted by Gasteiger charge is -2.06. The number of nitrogens with zero attached hydrogens (tertiary/aromatic N) is 2. The average Bonchev–Trinajstić information content (AvgIpc) is 2.32. The molecule has 0 saturated carbocycles. The second kappa shape index (κ2) is 5.33. The fourth-order valence-corrected chi connectivity index (χ4v) is 1.79.